The third-order valence-electron chi connectivity index (χ3n) is 9.62. The van der Waals surface area contributed by atoms with Gasteiger partial charge in [-0.15, -0.1) is 0 Å². The Morgan fingerprint density at radius 2 is 1.70 bits per heavy atom. The van der Waals surface area contributed by atoms with Crippen LogP contribution in [-0.2, 0) is 20.8 Å². The molecule has 4 amide bonds. The lowest BCUT2D eigenvalue weighted by molar-refractivity contribution is -0.138. The summed E-state index contributed by atoms with van der Waals surface area (Å²) in [4.78, 5) is 62.4. The van der Waals surface area contributed by atoms with Crippen molar-refractivity contribution in [2.45, 2.75) is 75.9 Å². The fourth-order valence-electron chi connectivity index (χ4n) is 7.07. The zero-order chi connectivity index (χ0) is 32.6. The fourth-order valence-corrected chi connectivity index (χ4v) is 7.07. The molecule has 47 heavy (non-hydrogen) atoms. The van der Waals surface area contributed by atoms with Gasteiger partial charge in [0.25, 0.3) is 5.91 Å². The number of aromatic nitrogens is 1. The highest BCUT2D eigenvalue weighted by atomic mass is 16.5. The second kappa shape index (κ2) is 15.5. The molecule has 0 aliphatic carbocycles. The molecule has 3 aliphatic rings. The second-order valence-corrected chi connectivity index (χ2v) is 12.9. The van der Waals surface area contributed by atoms with E-state index >= 15 is 0 Å². The number of hydrogen-bond acceptors (Lipinski definition) is 6. The van der Waals surface area contributed by atoms with Crippen LogP contribution in [0.3, 0.4) is 0 Å². The number of H-pyrrole nitrogens is 1. The van der Waals surface area contributed by atoms with Gasteiger partial charge in [0.2, 0.25) is 17.7 Å². The molecule has 0 unspecified atom stereocenters. The number of carbonyl (C=O) groups is 4. The normalized spacial score (nSPS) is 23.1. The largest absolute Gasteiger partial charge is 0.491 e. The van der Waals surface area contributed by atoms with E-state index in [0.29, 0.717) is 18.8 Å². The van der Waals surface area contributed by atoms with Crippen molar-refractivity contribution in [2.75, 3.05) is 39.3 Å². The maximum absolute atomic E-state index is 14.1. The Balaban J connectivity index is 1.22. The molecule has 2 saturated heterocycles. The highest BCUT2D eigenvalue weighted by Crippen LogP contribution is 2.25. The summed E-state index contributed by atoms with van der Waals surface area (Å²) in [5, 5.41) is 9.67. The topological polar surface area (TPSA) is 136 Å². The van der Waals surface area contributed by atoms with E-state index in [2.05, 4.69) is 25.8 Å². The minimum atomic E-state index is -1.14. The summed E-state index contributed by atoms with van der Waals surface area (Å²) in [5.74, 6) is -1.22. The molecule has 3 atom stereocenters. The van der Waals surface area contributed by atoms with Crippen LogP contribution in [-0.4, -0.2) is 95.9 Å². The van der Waals surface area contributed by atoms with Crippen molar-refractivity contribution < 1.29 is 23.9 Å². The molecule has 4 heterocycles. The molecule has 3 aromatic rings. The number of hydrogen-bond donors (Lipinski definition) is 4. The second-order valence-electron chi connectivity index (χ2n) is 12.9. The molecule has 2 fully saturated rings. The molecular formula is C36H46N6O5. The summed E-state index contributed by atoms with van der Waals surface area (Å²) in [6, 6.07) is 12.5. The van der Waals surface area contributed by atoms with Gasteiger partial charge >= 0.3 is 0 Å². The van der Waals surface area contributed by atoms with Gasteiger partial charge < -0.3 is 35.5 Å². The van der Waals surface area contributed by atoms with Crippen molar-refractivity contribution in [1.29, 1.82) is 0 Å². The smallest absolute Gasteiger partial charge is 0.255 e. The lowest BCUT2D eigenvalue weighted by Crippen LogP contribution is -2.54. The summed E-state index contributed by atoms with van der Waals surface area (Å²) < 4.78 is 6.17. The molecule has 4 N–H and O–H groups in total. The number of rotatable bonds is 7. The van der Waals surface area contributed by atoms with E-state index in [-0.39, 0.29) is 37.0 Å². The van der Waals surface area contributed by atoms with Gasteiger partial charge in [0, 0.05) is 36.6 Å². The van der Waals surface area contributed by atoms with Crippen LogP contribution in [0.1, 0.15) is 67.3 Å². The van der Waals surface area contributed by atoms with Gasteiger partial charge in [0.1, 0.15) is 24.4 Å². The molecule has 2 aromatic carbocycles. The number of amides is 4. The van der Waals surface area contributed by atoms with Gasteiger partial charge in [-0.3, -0.25) is 19.2 Å². The van der Waals surface area contributed by atoms with Gasteiger partial charge in [-0.1, -0.05) is 43.2 Å². The third-order valence-corrected chi connectivity index (χ3v) is 9.62. The lowest BCUT2D eigenvalue weighted by Gasteiger charge is -2.30. The van der Waals surface area contributed by atoms with Gasteiger partial charge in [0.05, 0.1) is 18.0 Å². The summed E-state index contributed by atoms with van der Waals surface area (Å²) in [7, 11) is 0. The molecule has 6 rings (SSSR count). The Kier molecular flexibility index (Phi) is 10.7. The van der Waals surface area contributed by atoms with Crippen LogP contribution in [0.25, 0.3) is 10.9 Å². The summed E-state index contributed by atoms with van der Waals surface area (Å²) in [6.07, 6.45) is 9.10. The van der Waals surface area contributed by atoms with Crippen molar-refractivity contribution in [2.24, 2.45) is 0 Å². The minimum absolute atomic E-state index is 0.182. The highest BCUT2D eigenvalue weighted by Gasteiger charge is 2.36. The Labute approximate surface area is 275 Å². The molecule has 11 heteroatoms. The first kappa shape index (κ1) is 32.6. The summed E-state index contributed by atoms with van der Waals surface area (Å²) in [5.41, 5.74) is 2.13. The van der Waals surface area contributed by atoms with Gasteiger partial charge in [-0.05, 0) is 75.5 Å². The number of carbonyl (C=O) groups excluding carboxylic acids is 4. The van der Waals surface area contributed by atoms with Crippen molar-refractivity contribution in [3.63, 3.8) is 0 Å². The summed E-state index contributed by atoms with van der Waals surface area (Å²) in [6.45, 7) is 4.23. The number of aromatic amines is 1. The number of likely N-dealkylation sites (tertiary alicyclic amines) is 1. The van der Waals surface area contributed by atoms with Crippen molar-refractivity contribution in [3.05, 3.63) is 65.9 Å². The summed E-state index contributed by atoms with van der Waals surface area (Å²) >= 11 is 0. The van der Waals surface area contributed by atoms with E-state index < -0.39 is 29.8 Å². The Hall–Kier alpha value is -4.38. The molecular weight excluding hydrogens is 596 g/mol. The monoisotopic (exact) mass is 642 g/mol. The molecule has 0 radical (unpaired) electrons. The number of ether oxygens (including phenoxy) is 1. The predicted molar refractivity (Wildman–Crippen MR) is 179 cm³/mol. The van der Waals surface area contributed by atoms with Gasteiger partial charge in [0.15, 0.2) is 0 Å². The first-order valence-electron chi connectivity index (χ1n) is 17.1. The van der Waals surface area contributed by atoms with Crippen LogP contribution in [0.2, 0.25) is 0 Å². The van der Waals surface area contributed by atoms with Crippen LogP contribution in [0.15, 0.2) is 54.7 Å². The molecule has 3 aliphatic heterocycles. The minimum Gasteiger partial charge on any atom is -0.491 e. The molecule has 1 aromatic heterocycles. The van der Waals surface area contributed by atoms with Gasteiger partial charge in [-0.2, -0.15) is 0 Å². The van der Waals surface area contributed by atoms with Crippen molar-refractivity contribution >= 4 is 34.5 Å². The SMILES string of the molecule is O=C1C[C@@H](C(=O)NCCCN2CCCCCC2)NC(=O)c2ccccc2OC[C@H]2CCCN2C(=O)[C@H](Cc2c[nH]c3ccccc23)N1. The first-order valence-corrected chi connectivity index (χ1v) is 17.1. The Morgan fingerprint density at radius 1 is 0.915 bits per heavy atom. The number of nitrogens with zero attached hydrogens (tertiary/aromatic N) is 2. The Morgan fingerprint density at radius 3 is 2.55 bits per heavy atom. The van der Waals surface area contributed by atoms with E-state index in [4.69, 9.17) is 4.74 Å². The number of nitrogens with one attached hydrogen (secondary N) is 4. The average Bonchev–Trinajstić information content (AvgIpc) is 3.63. The maximum atomic E-state index is 14.1. The fraction of sp³-hybridized carbons (Fsp3) is 0.500. The standard InChI is InChI=1S/C36H46N6O5/c43-33-22-30(35(45)37-16-10-19-41-17-7-1-2-8-18-41)40-34(44)28-13-4-6-15-32(28)47-24-26-11-9-20-42(26)36(46)31(39-33)21-25-23-38-29-14-5-3-12-27(25)29/h3-6,12-15,23,26,30-31,38H,1-2,7-11,16-22,24H2,(H,37,45)(H,39,43)(H,40,44)/t26-,30+,31+/m1/s1. The molecule has 0 saturated carbocycles. The predicted octanol–water partition coefficient (Wildman–Crippen LogP) is 3.15. The molecule has 0 bridgehead atoms. The van der Waals surface area contributed by atoms with Crippen LogP contribution in [0, 0.1) is 0 Å². The maximum Gasteiger partial charge on any atom is 0.255 e. The molecule has 250 valence electrons. The number of benzene rings is 2. The first-order chi connectivity index (χ1) is 23.0. The van der Waals surface area contributed by atoms with Crippen LogP contribution in [0.4, 0.5) is 0 Å². The van der Waals surface area contributed by atoms with E-state index in [1.807, 2.05) is 30.5 Å². The van der Waals surface area contributed by atoms with E-state index in [0.717, 1.165) is 55.4 Å². The molecule has 11 nitrogen and oxygen atoms in total. The highest BCUT2D eigenvalue weighted by molar-refractivity contribution is 6.01. The van der Waals surface area contributed by atoms with Crippen molar-refractivity contribution in [3.8, 4) is 5.75 Å². The van der Waals surface area contributed by atoms with E-state index in [9.17, 15) is 19.2 Å². The third kappa shape index (κ3) is 8.13. The quantitative estimate of drug-likeness (QED) is 0.293. The molecule has 0 spiro atoms. The van der Waals surface area contributed by atoms with Crippen molar-refractivity contribution in [1.82, 2.24) is 30.7 Å². The van der Waals surface area contributed by atoms with Crippen LogP contribution < -0.4 is 20.7 Å². The number of fused-ring (bicyclic) bond motifs is 3. The lowest BCUT2D eigenvalue weighted by atomic mass is 10.0. The Bertz CT molecular complexity index is 1560. The average molecular weight is 643 g/mol. The van der Waals surface area contributed by atoms with Crippen LogP contribution >= 0.6 is 0 Å². The van der Waals surface area contributed by atoms with Gasteiger partial charge in [-0.25, -0.2) is 0 Å². The zero-order valence-corrected chi connectivity index (χ0v) is 27.0. The zero-order valence-electron chi connectivity index (χ0n) is 27.0. The van der Waals surface area contributed by atoms with Crippen LogP contribution in [0.5, 0.6) is 5.75 Å². The number of para-hydroxylation sites is 2. The van der Waals surface area contributed by atoms with E-state index in [1.165, 1.54) is 25.7 Å². The van der Waals surface area contributed by atoms with E-state index in [1.54, 1.807) is 29.2 Å².